The minimum atomic E-state index is -0.290. The molecule has 1 saturated carbocycles. The highest BCUT2D eigenvalue weighted by molar-refractivity contribution is 5.92. The maximum atomic E-state index is 13.1. The lowest BCUT2D eigenvalue weighted by Gasteiger charge is -2.19. The molecule has 1 amide bonds. The normalized spacial score (nSPS) is 17.9. The Kier molecular flexibility index (Phi) is 6.02. The van der Waals surface area contributed by atoms with Crippen molar-refractivity contribution in [2.75, 3.05) is 0 Å². The number of rotatable bonds is 6. The number of nitrogens with zero attached hydrogens (tertiary/aromatic N) is 6. The van der Waals surface area contributed by atoms with Crippen LogP contribution in [0.25, 0.3) is 33.7 Å². The summed E-state index contributed by atoms with van der Waals surface area (Å²) < 4.78 is 7.41. The van der Waals surface area contributed by atoms with Gasteiger partial charge < -0.3 is 14.8 Å². The van der Waals surface area contributed by atoms with Gasteiger partial charge in [0.05, 0.1) is 17.8 Å². The number of carbonyl (C=O) groups is 1. The summed E-state index contributed by atoms with van der Waals surface area (Å²) in [6.45, 7) is 8.39. The molecule has 4 aromatic heterocycles. The van der Waals surface area contributed by atoms with Crippen molar-refractivity contribution in [2.45, 2.75) is 83.7 Å². The number of aryl methyl sites for hydroxylation is 1. The van der Waals surface area contributed by atoms with Gasteiger partial charge in [0.25, 0.3) is 11.7 Å². The minimum Gasteiger partial charge on any atom is -0.342 e. The molecule has 0 bridgehead atoms. The molecule has 1 unspecified atom stereocenters. The maximum Gasteiger partial charge on any atom is 0.293 e. The monoisotopic (exact) mass is 550 g/mol. The van der Waals surface area contributed by atoms with E-state index in [1.165, 1.54) is 5.56 Å². The lowest BCUT2D eigenvalue weighted by Crippen LogP contribution is -2.29. The van der Waals surface area contributed by atoms with Gasteiger partial charge in [0.2, 0.25) is 5.89 Å². The third-order valence-electron chi connectivity index (χ3n) is 8.64. The second-order valence-corrected chi connectivity index (χ2v) is 12.0. The van der Waals surface area contributed by atoms with Crippen molar-refractivity contribution in [1.29, 1.82) is 0 Å². The van der Waals surface area contributed by atoms with E-state index >= 15 is 0 Å². The summed E-state index contributed by atoms with van der Waals surface area (Å²) in [6, 6.07) is 8.68. The van der Waals surface area contributed by atoms with Gasteiger partial charge >= 0.3 is 0 Å². The molecule has 4 heterocycles. The first-order valence-electron chi connectivity index (χ1n) is 14.5. The van der Waals surface area contributed by atoms with Gasteiger partial charge in [-0.3, -0.25) is 9.48 Å². The molecule has 2 aliphatic carbocycles. The van der Waals surface area contributed by atoms with Crippen LogP contribution >= 0.6 is 0 Å². The van der Waals surface area contributed by atoms with Gasteiger partial charge in [-0.25, -0.2) is 9.97 Å². The van der Waals surface area contributed by atoms with Crippen molar-refractivity contribution >= 4 is 17.1 Å². The van der Waals surface area contributed by atoms with Crippen molar-refractivity contribution in [3.05, 3.63) is 65.2 Å². The number of aromatic nitrogens is 7. The van der Waals surface area contributed by atoms with Crippen molar-refractivity contribution in [1.82, 2.24) is 40.2 Å². The average molecular weight is 551 g/mol. The van der Waals surface area contributed by atoms with Crippen molar-refractivity contribution in [3.63, 3.8) is 0 Å². The second kappa shape index (κ2) is 9.64. The summed E-state index contributed by atoms with van der Waals surface area (Å²) in [5.74, 6) is 1.14. The molecular weight excluding hydrogens is 516 g/mol. The topological polar surface area (TPSA) is 127 Å². The Bertz CT molecular complexity index is 1770. The molecule has 10 heteroatoms. The number of benzene rings is 1. The Hall–Kier alpha value is -4.34. The lowest BCUT2D eigenvalue weighted by atomic mass is 9.94. The molecule has 2 aliphatic rings. The standard InChI is InChI=1S/C31H34N8O2/c1-17(2)39-18(3)23(16-33-39)26-35-25-22(11-14-32-27(25)36-26)20-9-10-21-19(15-20)7-5-6-8-24(21)34-29(40)28-37-30(41-38-28)31(4)12-13-31/h9-11,14-17,24H,5-8,12-13H2,1-4H3,(H,34,40)(H,32,35,36). The van der Waals surface area contributed by atoms with Crippen LogP contribution in [0.1, 0.15) is 98.3 Å². The zero-order valence-electron chi connectivity index (χ0n) is 23.9. The van der Waals surface area contributed by atoms with Crippen LogP contribution < -0.4 is 5.32 Å². The van der Waals surface area contributed by atoms with Gasteiger partial charge in [0, 0.05) is 28.9 Å². The molecule has 1 fully saturated rings. The van der Waals surface area contributed by atoms with Gasteiger partial charge in [-0.2, -0.15) is 10.1 Å². The number of pyridine rings is 1. The summed E-state index contributed by atoms with van der Waals surface area (Å²) in [7, 11) is 0. The van der Waals surface area contributed by atoms with E-state index in [1.807, 2.05) is 23.1 Å². The fraction of sp³-hybridized carbons (Fsp3) is 0.419. The Morgan fingerprint density at radius 3 is 2.80 bits per heavy atom. The number of H-pyrrole nitrogens is 1. The number of hydrogen-bond acceptors (Lipinski definition) is 7. The van der Waals surface area contributed by atoms with Crippen LogP contribution in [0.3, 0.4) is 0 Å². The highest BCUT2D eigenvalue weighted by atomic mass is 16.5. The Morgan fingerprint density at radius 2 is 2.02 bits per heavy atom. The van der Waals surface area contributed by atoms with E-state index in [2.05, 4.69) is 76.4 Å². The Labute approximate surface area is 238 Å². The van der Waals surface area contributed by atoms with Gasteiger partial charge in [0.15, 0.2) is 5.65 Å². The van der Waals surface area contributed by atoms with Crippen LogP contribution in [-0.4, -0.2) is 40.8 Å². The molecule has 1 atom stereocenters. The maximum absolute atomic E-state index is 13.1. The van der Waals surface area contributed by atoms with Crippen LogP contribution in [-0.2, 0) is 11.8 Å². The van der Waals surface area contributed by atoms with Crippen LogP contribution in [0.5, 0.6) is 0 Å². The molecule has 41 heavy (non-hydrogen) atoms. The predicted octanol–water partition coefficient (Wildman–Crippen LogP) is 6.01. The third-order valence-corrected chi connectivity index (χ3v) is 8.64. The summed E-state index contributed by atoms with van der Waals surface area (Å²) in [5.41, 5.74) is 8.02. The van der Waals surface area contributed by atoms with E-state index in [4.69, 9.17) is 9.51 Å². The SMILES string of the molecule is Cc1c(-c2nc3c(-c4ccc5c(c4)CCCCC5NC(=O)c4noc(C5(C)CC5)n4)ccnc3[nH]2)cnn1C(C)C. The predicted molar refractivity (Wildman–Crippen MR) is 154 cm³/mol. The first kappa shape index (κ1) is 25.6. The zero-order chi connectivity index (χ0) is 28.3. The van der Waals surface area contributed by atoms with E-state index in [1.54, 1.807) is 0 Å². The van der Waals surface area contributed by atoms with Gasteiger partial charge in [-0.1, -0.05) is 36.7 Å². The molecule has 7 rings (SSSR count). The van der Waals surface area contributed by atoms with Crippen LogP contribution in [0.4, 0.5) is 0 Å². The molecule has 0 saturated heterocycles. The number of carbonyl (C=O) groups excluding carboxylic acids is 1. The molecule has 1 aromatic carbocycles. The summed E-state index contributed by atoms with van der Waals surface area (Å²) in [5, 5.41) is 11.7. The first-order valence-corrected chi connectivity index (χ1v) is 14.5. The molecule has 5 aromatic rings. The summed E-state index contributed by atoms with van der Waals surface area (Å²) in [6.07, 6.45) is 9.62. The largest absolute Gasteiger partial charge is 0.342 e. The third kappa shape index (κ3) is 4.51. The van der Waals surface area contributed by atoms with Crippen LogP contribution in [0.2, 0.25) is 0 Å². The van der Waals surface area contributed by atoms with Crippen LogP contribution in [0.15, 0.2) is 41.2 Å². The molecular formula is C31H34N8O2. The number of aromatic amines is 1. The zero-order valence-corrected chi connectivity index (χ0v) is 23.9. The number of hydrogen-bond donors (Lipinski definition) is 2. The molecule has 0 radical (unpaired) electrons. The van der Waals surface area contributed by atoms with Crippen molar-refractivity contribution < 1.29 is 9.32 Å². The Balaban J connectivity index is 1.19. The minimum absolute atomic E-state index is 0.0702. The average Bonchev–Trinajstić information content (AvgIpc) is 3.30. The first-order chi connectivity index (χ1) is 19.8. The highest BCUT2D eigenvalue weighted by Gasteiger charge is 2.45. The fourth-order valence-electron chi connectivity index (χ4n) is 5.93. The molecule has 2 N–H and O–H groups in total. The lowest BCUT2D eigenvalue weighted by molar-refractivity contribution is 0.0921. The van der Waals surface area contributed by atoms with Crippen molar-refractivity contribution in [3.8, 4) is 22.5 Å². The second-order valence-electron chi connectivity index (χ2n) is 12.0. The van der Waals surface area contributed by atoms with Crippen LogP contribution in [0, 0.1) is 6.92 Å². The fourth-order valence-corrected chi connectivity index (χ4v) is 5.93. The molecule has 210 valence electrons. The molecule has 0 aliphatic heterocycles. The van der Waals surface area contributed by atoms with Gasteiger partial charge in [-0.05, 0) is 75.6 Å². The molecule has 10 nitrogen and oxygen atoms in total. The van der Waals surface area contributed by atoms with Gasteiger partial charge in [-0.15, -0.1) is 0 Å². The molecule has 0 spiro atoms. The van der Waals surface area contributed by atoms with E-state index in [-0.39, 0.29) is 29.2 Å². The number of amides is 1. The quantitative estimate of drug-likeness (QED) is 0.248. The van der Waals surface area contributed by atoms with Gasteiger partial charge in [0.1, 0.15) is 11.3 Å². The van der Waals surface area contributed by atoms with E-state index in [0.717, 1.165) is 83.5 Å². The number of imidazole rings is 1. The van der Waals surface area contributed by atoms with E-state index in [9.17, 15) is 4.79 Å². The number of fused-ring (bicyclic) bond motifs is 2. The van der Waals surface area contributed by atoms with E-state index < -0.39 is 0 Å². The smallest absolute Gasteiger partial charge is 0.293 e. The number of nitrogens with one attached hydrogen (secondary N) is 2. The Morgan fingerprint density at radius 1 is 1.17 bits per heavy atom. The highest BCUT2D eigenvalue weighted by Crippen LogP contribution is 2.46. The van der Waals surface area contributed by atoms with Crippen molar-refractivity contribution in [2.24, 2.45) is 0 Å². The summed E-state index contributed by atoms with van der Waals surface area (Å²) in [4.78, 5) is 30.4. The van der Waals surface area contributed by atoms with E-state index in [0.29, 0.717) is 5.89 Å². The summed E-state index contributed by atoms with van der Waals surface area (Å²) >= 11 is 0.